The third-order valence-electron chi connectivity index (χ3n) is 2.46. The first-order valence-corrected chi connectivity index (χ1v) is 6.77. The van der Waals surface area contributed by atoms with Crippen molar-refractivity contribution in [1.29, 1.82) is 0 Å². The minimum absolute atomic E-state index is 0.107. The maximum absolute atomic E-state index is 11.9. The number of thiol groups is 1. The molecule has 0 aromatic heterocycles. The molecule has 10 nitrogen and oxygen atoms in total. The summed E-state index contributed by atoms with van der Waals surface area (Å²) >= 11 is 3.87. The molecule has 0 fully saturated rings. The number of aliphatic carboxylic acids is 2. The maximum atomic E-state index is 11.9. The largest absolute Gasteiger partial charge is 0.481 e. The van der Waals surface area contributed by atoms with E-state index in [4.69, 9.17) is 10.2 Å². The van der Waals surface area contributed by atoms with Crippen LogP contribution in [0.5, 0.6) is 0 Å². The van der Waals surface area contributed by atoms with Gasteiger partial charge in [-0.3, -0.25) is 24.0 Å². The molecule has 0 aromatic carbocycles. The van der Waals surface area contributed by atoms with Gasteiger partial charge < -0.3 is 26.2 Å². The Hall–Kier alpha value is -2.30. The van der Waals surface area contributed by atoms with Gasteiger partial charge in [0.1, 0.15) is 18.6 Å². The molecule has 5 N–H and O–H groups in total. The van der Waals surface area contributed by atoms with Crippen molar-refractivity contribution in [1.82, 2.24) is 16.0 Å². The molecule has 2 atom stereocenters. The Morgan fingerprint density at radius 3 is 2.14 bits per heavy atom. The standard InChI is InChI=1S/C11H17N3O7S/c15-5-13-6(1-2-8(16)17)11(21)14-7(4-22)10(20)12-3-9(18)19/h5-7,22H,1-4H2,(H,12,20)(H,13,15)(H,14,21)(H,16,17)(H,18,19). The van der Waals surface area contributed by atoms with Gasteiger partial charge in [0.25, 0.3) is 0 Å². The van der Waals surface area contributed by atoms with Crippen LogP contribution < -0.4 is 16.0 Å². The van der Waals surface area contributed by atoms with Gasteiger partial charge in [-0.15, -0.1) is 0 Å². The Bertz CT molecular complexity index is 443. The number of carbonyl (C=O) groups excluding carboxylic acids is 3. The molecule has 0 spiro atoms. The average Bonchev–Trinajstić information content (AvgIpc) is 2.45. The lowest BCUT2D eigenvalue weighted by Crippen LogP contribution is -2.54. The van der Waals surface area contributed by atoms with E-state index in [1.807, 2.05) is 0 Å². The summed E-state index contributed by atoms with van der Waals surface area (Å²) in [7, 11) is 0. The third-order valence-corrected chi connectivity index (χ3v) is 2.83. The molecule has 0 radical (unpaired) electrons. The molecule has 0 heterocycles. The van der Waals surface area contributed by atoms with Gasteiger partial charge >= 0.3 is 11.9 Å². The Kier molecular flexibility index (Phi) is 9.34. The van der Waals surface area contributed by atoms with Crippen molar-refractivity contribution in [3.05, 3.63) is 0 Å². The Labute approximate surface area is 131 Å². The highest BCUT2D eigenvalue weighted by molar-refractivity contribution is 7.80. The van der Waals surface area contributed by atoms with Crippen LogP contribution in [0.15, 0.2) is 0 Å². The van der Waals surface area contributed by atoms with Crippen molar-refractivity contribution in [2.24, 2.45) is 0 Å². The normalized spacial score (nSPS) is 12.6. The molecule has 2 unspecified atom stereocenters. The van der Waals surface area contributed by atoms with Crippen molar-refractivity contribution in [3.8, 4) is 0 Å². The quantitative estimate of drug-likeness (QED) is 0.181. The fourth-order valence-corrected chi connectivity index (χ4v) is 1.65. The lowest BCUT2D eigenvalue weighted by atomic mass is 10.1. The minimum Gasteiger partial charge on any atom is -0.481 e. The smallest absolute Gasteiger partial charge is 0.322 e. The zero-order valence-corrected chi connectivity index (χ0v) is 12.3. The first-order valence-electron chi connectivity index (χ1n) is 6.14. The van der Waals surface area contributed by atoms with Gasteiger partial charge in [-0.25, -0.2) is 0 Å². The number of carboxylic acids is 2. The number of rotatable bonds is 11. The first kappa shape index (κ1) is 19.7. The molecule has 0 saturated heterocycles. The van der Waals surface area contributed by atoms with Crippen LogP contribution in [-0.4, -0.2) is 64.8 Å². The number of hydrogen-bond acceptors (Lipinski definition) is 6. The molecular formula is C11H17N3O7S. The highest BCUT2D eigenvalue weighted by atomic mass is 32.1. The highest BCUT2D eigenvalue weighted by Crippen LogP contribution is 1.99. The van der Waals surface area contributed by atoms with Gasteiger partial charge in [-0.05, 0) is 6.42 Å². The van der Waals surface area contributed by atoms with E-state index in [0.29, 0.717) is 0 Å². The van der Waals surface area contributed by atoms with Crippen molar-refractivity contribution in [2.75, 3.05) is 12.3 Å². The maximum Gasteiger partial charge on any atom is 0.322 e. The molecule has 124 valence electrons. The zero-order valence-electron chi connectivity index (χ0n) is 11.4. The van der Waals surface area contributed by atoms with Crippen LogP contribution in [-0.2, 0) is 24.0 Å². The van der Waals surface area contributed by atoms with Crippen molar-refractivity contribution in [3.63, 3.8) is 0 Å². The average molecular weight is 335 g/mol. The fourth-order valence-electron chi connectivity index (χ4n) is 1.39. The molecule has 22 heavy (non-hydrogen) atoms. The summed E-state index contributed by atoms with van der Waals surface area (Å²) < 4.78 is 0. The van der Waals surface area contributed by atoms with Crippen LogP contribution in [0, 0.1) is 0 Å². The Morgan fingerprint density at radius 1 is 1.05 bits per heavy atom. The number of amides is 3. The van der Waals surface area contributed by atoms with Gasteiger partial charge in [-0.2, -0.15) is 12.6 Å². The summed E-state index contributed by atoms with van der Waals surface area (Å²) in [6.45, 7) is -0.617. The van der Waals surface area contributed by atoms with Gasteiger partial charge in [0.2, 0.25) is 18.2 Å². The monoisotopic (exact) mass is 335 g/mol. The topological polar surface area (TPSA) is 162 Å². The predicted octanol–water partition coefficient (Wildman–Crippen LogP) is -2.42. The van der Waals surface area contributed by atoms with Gasteiger partial charge in [-0.1, -0.05) is 0 Å². The van der Waals surface area contributed by atoms with E-state index in [-0.39, 0.29) is 25.0 Å². The van der Waals surface area contributed by atoms with Gasteiger partial charge in [0, 0.05) is 12.2 Å². The van der Waals surface area contributed by atoms with Crippen molar-refractivity contribution >= 4 is 42.8 Å². The molecule has 0 aliphatic heterocycles. The van der Waals surface area contributed by atoms with Crippen LogP contribution in [0.3, 0.4) is 0 Å². The minimum atomic E-state index is -1.25. The zero-order chi connectivity index (χ0) is 17.1. The predicted molar refractivity (Wildman–Crippen MR) is 76.3 cm³/mol. The number of carbonyl (C=O) groups is 5. The van der Waals surface area contributed by atoms with Crippen LogP contribution in [0.25, 0.3) is 0 Å². The molecule has 0 rings (SSSR count). The molecular weight excluding hydrogens is 318 g/mol. The van der Waals surface area contributed by atoms with Crippen LogP contribution in [0.2, 0.25) is 0 Å². The van der Waals surface area contributed by atoms with Crippen molar-refractivity contribution in [2.45, 2.75) is 24.9 Å². The number of nitrogens with one attached hydrogen (secondary N) is 3. The SMILES string of the molecule is O=CNC(CCC(=O)O)C(=O)NC(CS)C(=O)NCC(=O)O. The fraction of sp³-hybridized carbons (Fsp3) is 0.545. The lowest BCUT2D eigenvalue weighted by molar-refractivity contribution is -0.138. The van der Waals surface area contributed by atoms with E-state index in [0.717, 1.165) is 0 Å². The third kappa shape index (κ3) is 8.09. The van der Waals surface area contributed by atoms with E-state index < -0.39 is 42.4 Å². The van der Waals surface area contributed by atoms with Gasteiger partial charge in [0.05, 0.1) is 0 Å². The van der Waals surface area contributed by atoms with E-state index in [1.165, 1.54) is 0 Å². The molecule has 11 heteroatoms. The van der Waals surface area contributed by atoms with Crippen LogP contribution in [0.4, 0.5) is 0 Å². The Morgan fingerprint density at radius 2 is 1.68 bits per heavy atom. The summed E-state index contributed by atoms with van der Waals surface area (Å²) in [6.07, 6.45) is -0.266. The summed E-state index contributed by atoms with van der Waals surface area (Å²) in [5.74, 6) is -4.02. The highest BCUT2D eigenvalue weighted by Gasteiger charge is 2.25. The number of hydrogen-bond donors (Lipinski definition) is 6. The molecule has 0 saturated carbocycles. The molecule has 0 aliphatic rings. The second-order valence-corrected chi connectivity index (χ2v) is 4.49. The summed E-state index contributed by atoms with van der Waals surface area (Å²) in [6, 6.07) is -2.24. The van der Waals surface area contributed by atoms with E-state index in [2.05, 4.69) is 28.6 Å². The molecule has 0 bridgehead atoms. The van der Waals surface area contributed by atoms with E-state index in [1.54, 1.807) is 0 Å². The molecule has 0 aromatic rings. The first-order chi connectivity index (χ1) is 10.3. The van der Waals surface area contributed by atoms with Crippen LogP contribution in [0.1, 0.15) is 12.8 Å². The van der Waals surface area contributed by atoms with Crippen molar-refractivity contribution < 1.29 is 34.2 Å². The summed E-state index contributed by atoms with van der Waals surface area (Å²) in [5, 5.41) is 23.5. The molecule has 0 aliphatic carbocycles. The second-order valence-electron chi connectivity index (χ2n) is 4.12. The second kappa shape index (κ2) is 10.4. The molecule has 3 amide bonds. The van der Waals surface area contributed by atoms with Crippen LogP contribution >= 0.6 is 12.6 Å². The Balaban J connectivity index is 4.63. The van der Waals surface area contributed by atoms with E-state index >= 15 is 0 Å². The summed E-state index contributed by atoms with van der Waals surface area (Å²) in [5.41, 5.74) is 0. The number of carboxylic acid groups (broad SMARTS) is 2. The van der Waals surface area contributed by atoms with E-state index in [9.17, 15) is 24.0 Å². The summed E-state index contributed by atoms with van der Waals surface area (Å²) in [4.78, 5) is 54.8. The lowest BCUT2D eigenvalue weighted by Gasteiger charge is -2.20. The van der Waals surface area contributed by atoms with Gasteiger partial charge in [0.15, 0.2) is 0 Å².